The van der Waals surface area contributed by atoms with E-state index in [-0.39, 0.29) is 53.4 Å². The van der Waals surface area contributed by atoms with Gasteiger partial charge in [-0.3, -0.25) is 14.4 Å². The molecule has 2 fully saturated rings. The van der Waals surface area contributed by atoms with Crippen LogP contribution in [0.1, 0.15) is 39.6 Å². The number of ether oxygens (including phenoxy) is 1. The van der Waals surface area contributed by atoms with Crippen molar-refractivity contribution in [3.8, 4) is 0 Å². The largest absolute Gasteiger partial charge is 0.454 e. The summed E-state index contributed by atoms with van der Waals surface area (Å²) in [5.41, 5.74) is 3.25. The third-order valence-corrected chi connectivity index (χ3v) is 6.93. The van der Waals surface area contributed by atoms with E-state index >= 15 is 0 Å². The fourth-order valence-corrected chi connectivity index (χ4v) is 5.34. The summed E-state index contributed by atoms with van der Waals surface area (Å²) in [5.74, 6) is -1.73. The lowest BCUT2D eigenvalue weighted by molar-refractivity contribution is -0.123. The summed E-state index contributed by atoms with van der Waals surface area (Å²) >= 11 is 0. The molecule has 0 unspecified atom stereocenters. The molecule has 2 bridgehead atoms. The van der Waals surface area contributed by atoms with Crippen molar-refractivity contribution in [2.75, 3.05) is 11.5 Å². The van der Waals surface area contributed by atoms with Gasteiger partial charge < -0.3 is 4.74 Å². The highest BCUT2D eigenvalue weighted by Gasteiger charge is 2.60. The van der Waals surface area contributed by atoms with Gasteiger partial charge in [0.2, 0.25) is 11.8 Å². The molecule has 2 aromatic rings. The van der Waals surface area contributed by atoms with Crippen LogP contribution in [0.25, 0.3) is 0 Å². The topological polar surface area (TPSA) is 80.8 Å². The van der Waals surface area contributed by atoms with Gasteiger partial charge in [0.15, 0.2) is 12.4 Å². The molecule has 0 N–H and O–H groups in total. The Kier molecular flexibility index (Phi) is 4.81. The molecule has 4 atom stereocenters. The van der Waals surface area contributed by atoms with Crippen molar-refractivity contribution in [3.63, 3.8) is 0 Å². The molecule has 6 nitrogen and oxygen atoms in total. The molecular formula is C26H23NO5. The maximum Gasteiger partial charge on any atom is 0.338 e. The number of carbonyl (C=O) groups is 4. The van der Waals surface area contributed by atoms with Crippen LogP contribution in [0.5, 0.6) is 0 Å². The van der Waals surface area contributed by atoms with Crippen molar-refractivity contribution in [3.05, 3.63) is 76.9 Å². The third kappa shape index (κ3) is 3.18. The molecule has 0 aromatic heterocycles. The highest BCUT2D eigenvalue weighted by Crippen LogP contribution is 2.55. The lowest BCUT2D eigenvalue weighted by Gasteiger charge is -2.19. The summed E-state index contributed by atoms with van der Waals surface area (Å²) < 4.78 is 5.19. The highest BCUT2D eigenvalue weighted by atomic mass is 16.5. The first kappa shape index (κ1) is 20.4. The minimum absolute atomic E-state index is 0.118. The average Bonchev–Trinajstić information content (AvgIpc) is 3.42. The standard InChI is InChI=1S/C26H23NO5/c1-14-6-8-16(9-7-14)21(28)13-32-26(31)17-4-3-5-19(11-17)27-24(29)22-18-10-15(2)20(12-18)23(22)25(27)30/h3-11,18,20,22-23H,12-13H2,1-2H3/t18-,20+,22-,23-/m0/s1. The Morgan fingerprint density at radius 1 is 0.969 bits per heavy atom. The molecule has 162 valence electrons. The van der Waals surface area contributed by atoms with Gasteiger partial charge >= 0.3 is 5.97 Å². The molecule has 3 aliphatic rings. The van der Waals surface area contributed by atoms with Gasteiger partial charge in [0.05, 0.1) is 23.1 Å². The van der Waals surface area contributed by atoms with Crippen molar-refractivity contribution < 1.29 is 23.9 Å². The summed E-state index contributed by atoms with van der Waals surface area (Å²) in [5, 5.41) is 0. The number of hydrogen-bond acceptors (Lipinski definition) is 5. The van der Waals surface area contributed by atoms with Gasteiger partial charge in [-0.05, 0) is 50.3 Å². The van der Waals surface area contributed by atoms with Crippen LogP contribution in [-0.4, -0.2) is 30.2 Å². The fraction of sp³-hybridized carbons (Fsp3) is 0.308. The first-order chi connectivity index (χ1) is 15.3. The number of rotatable bonds is 5. The van der Waals surface area contributed by atoms with Gasteiger partial charge in [-0.2, -0.15) is 0 Å². The molecule has 1 saturated carbocycles. The summed E-state index contributed by atoms with van der Waals surface area (Å²) in [6.45, 7) is 3.56. The Labute approximate surface area is 185 Å². The number of amides is 2. The van der Waals surface area contributed by atoms with Gasteiger partial charge in [-0.1, -0.05) is 47.5 Å². The van der Waals surface area contributed by atoms with Crippen LogP contribution in [0.2, 0.25) is 0 Å². The number of ketones is 1. The monoisotopic (exact) mass is 429 g/mol. The SMILES string of the molecule is CC1=C[C@H]2C[C@H]1[C@@H]1C(=O)N(c3cccc(C(=O)OCC(=O)c4ccc(C)cc4)c3)C(=O)[C@H]12. The van der Waals surface area contributed by atoms with Crippen LogP contribution < -0.4 is 4.90 Å². The van der Waals surface area contributed by atoms with Crippen LogP contribution in [-0.2, 0) is 14.3 Å². The number of esters is 1. The molecular weight excluding hydrogens is 406 g/mol. The minimum Gasteiger partial charge on any atom is -0.454 e. The molecule has 2 aromatic carbocycles. The molecule has 2 aliphatic carbocycles. The van der Waals surface area contributed by atoms with Crippen LogP contribution in [0.3, 0.4) is 0 Å². The van der Waals surface area contributed by atoms with Crippen molar-refractivity contribution in [1.82, 2.24) is 0 Å². The van der Waals surface area contributed by atoms with E-state index < -0.39 is 5.97 Å². The number of Topliss-reactive ketones (excluding diaryl/α,β-unsaturated/α-hetero) is 1. The van der Waals surface area contributed by atoms with Gasteiger partial charge in [0.25, 0.3) is 0 Å². The van der Waals surface area contributed by atoms with Gasteiger partial charge in [-0.25, -0.2) is 9.69 Å². The second-order valence-electron chi connectivity index (χ2n) is 8.90. The number of anilines is 1. The van der Waals surface area contributed by atoms with Crippen LogP contribution in [0, 0.1) is 30.6 Å². The summed E-state index contributed by atoms with van der Waals surface area (Å²) in [6.07, 6.45) is 2.99. The number of benzene rings is 2. The van der Waals surface area contributed by atoms with Crippen LogP contribution in [0.4, 0.5) is 5.69 Å². The number of allylic oxidation sites excluding steroid dienone is 2. The van der Waals surface area contributed by atoms with E-state index in [2.05, 4.69) is 6.08 Å². The number of hydrogen-bond donors (Lipinski definition) is 0. The van der Waals surface area contributed by atoms with E-state index in [1.54, 1.807) is 30.3 Å². The smallest absolute Gasteiger partial charge is 0.338 e. The normalized spacial score (nSPS) is 25.7. The van der Waals surface area contributed by atoms with Crippen LogP contribution in [0.15, 0.2) is 60.2 Å². The number of nitrogens with zero attached hydrogens (tertiary/aromatic N) is 1. The quantitative estimate of drug-likeness (QED) is 0.313. The molecule has 1 aliphatic heterocycles. The molecule has 2 amide bonds. The predicted octanol–water partition coefficient (Wildman–Crippen LogP) is 3.74. The number of imide groups is 1. The number of aryl methyl sites for hydroxylation is 1. The first-order valence-electron chi connectivity index (χ1n) is 10.8. The molecule has 1 heterocycles. The fourth-order valence-electron chi connectivity index (χ4n) is 5.34. The zero-order valence-electron chi connectivity index (χ0n) is 17.9. The van der Waals surface area contributed by atoms with Gasteiger partial charge in [0, 0.05) is 5.56 Å². The van der Waals surface area contributed by atoms with E-state index in [9.17, 15) is 19.2 Å². The first-order valence-corrected chi connectivity index (χ1v) is 10.8. The maximum atomic E-state index is 13.1. The van der Waals surface area contributed by atoms with Crippen molar-refractivity contribution in [1.29, 1.82) is 0 Å². The Bertz CT molecular complexity index is 1180. The second-order valence-corrected chi connectivity index (χ2v) is 8.90. The lowest BCUT2D eigenvalue weighted by atomic mass is 9.82. The van der Waals surface area contributed by atoms with E-state index in [1.165, 1.54) is 16.5 Å². The van der Waals surface area contributed by atoms with Gasteiger partial charge in [-0.15, -0.1) is 0 Å². The zero-order chi connectivity index (χ0) is 22.6. The Morgan fingerprint density at radius 3 is 2.44 bits per heavy atom. The molecule has 5 rings (SSSR count). The van der Waals surface area contributed by atoms with Crippen molar-refractivity contribution in [2.45, 2.75) is 20.3 Å². The van der Waals surface area contributed by atoms with Crippen LogP contribution >= 0.6 is 0 Å². The Hall–Kier alpha value is -3.54. The van der Waals surface area contributed by atoms with Crippen molar-refractivity contribution in [2.24, 2.45) is 23.7 Å². The van der Waals surface area contributed by atoms with E-state index in [0.717, 1.165) is 12.0 Å². The molecule has 32 heavy (non-hydrogen) atoms. The Balaban J connectivity index is 1.30. The third-order valence-electron chi connectivity index (χ3n) is 6.93. The maximum absolute atomic E-state index is 13.1. The zero-order valence-corrected chi connectivity index (χ0v) is 17.9. The van der Waals surface area contributed by atoms with E-state index in [4.69, 9.17) is 4.74 Å². The lowest BCUT2D eigenvalue weighted by Crippen LogP contribution is -2.33. The van der Waals surface area contributed by atoms with Gasteiger partial charge in [0.1, 0.15) is 0 Å². The van der Waals surface area contributed by atoms with Crippen molar-refractivity contribution >= 4 is 29.3 Å². The van der Waals surface area contributed by atoms with E-state index in [0.29, 0.717) is 11.3 Å². The summed E-state index contributed by atoms with van der Waals surface area (Å²) in [6, 6.07) is 13.3. The highest BCUT2D eigenvalue weighted by molar-refractivity contribution is 6.23. The second kappa shape index (κ2) is 7.55. The molecule has 0 radical (unpaired) electrons. The number of carbonyl (C=O) groups excluding carboxylic acids is 4. The summed E-state index contributed by atoms with van der Waals surface area (Å²) in [7, 11) is 0. The minimum atomic E-state index is -0.677. The Morgan fingerprint density at radius 2 is 1.69 bits per heavy atom. The number of fused-ring (bicyclic) bond motifs is 5. The molecule has 6 heteroatoms. The average molecular weight is 429 g/mol. The molecule has 0 spiro atoms. The predicted molar refractivity (Wildman–Crippen MR) is 117 cm³/mol. The van der Waals surface area contributed by atoms with E-state index in [1.807, 2.05) is 26.0 Å². The molecule has 1 saturated heterocycles. The summed E-state index contributed by atoms with van der Waals surface area (Å²) in [4.78, 5) is 52.3.